The first-order chi connectivity index (χ1) is 12.2. The van der Waals surface area contributed by atoms with Crippen molar-refractivity contribution in [3.63, 3.8) is 0 Å². The predicted octanol–water partition coefficient (Wildman–Crippen LogP) is 2.27. The number of hydrogen-bond acceptors (Lipinski definition) is 5. The van der Waals surface area contributed by atoms with Crippen molar-refractivity contribution < 1.29 is 4.74 Å². The number of rotatable bonds is 4. The SMILES string of the molecule is N=C(N)c1ccc(-c2cnc3ccc(NC4CCOCC4)nn23)cc1. The first-order valence-electron chi connectivity index (χ1n) is 8.34. The van der Waals surface area contributed by atoms with E-state index in [0.29, 0.717) is 11.6 Å². The van der Waals surface area contributed by atoms with E-state index in [1.165, 1.54) is 0 Å². The summed E-state index contributed by atoms with van der Waals surface area (Å²) in [6.07, 6.45) is 3.79. The van der Waals surface area contributed by atoms with E-state index in [0.717, 1.165) is 48.8 Å². The molecule has 7 heteroatoms. The average Bonchev–Trinajstić information content (AvgIpc) is 3.06. The number of nitrogens with zero attached hydrogens (tertiary/aromatic N) is 3. The Morgan fingerprint density at radius 2 is 1.92 bits per heavy atom. The van der Waals surface area contributed by atoms with Crippen molar-refractivity contribution in [2.45, 2.75) is 18.9 Å². The molecule has 1 fully saturated rings. The van der Waals surface area contributed by atoms with Gasteiger partial charge in [0.2, 0.25) is 0 Å². The van der Waals surface area contributed by atoms with Crippen LogP contribution < -0.4 is 11.1 Å². The normalized spacial score (nSPS) is 15.4. The predicted molar refractivity (Wildman–Crippen MR) is 96.9 cm³/mol. The molecule has 0 aliphatic carbocycles. The summed E-state index contributed by atoms with van der Waals surface area (Å²) in [5, 5.41) is 15.7. The highest BCUT2D eigenvalue weighted by Gasteiger charge is 2.15. The quantitative estimate of drug-likeness (QED) is 0.501. The van der Waals surface area contributed by atoms with Gasteiger partial charge in [0.15, 0.2) is 5.65 Å². The number of aromatic nitrogens is 3. The fraction of sp³-hybridized carbons (Fsp3) is 0.278. The molecule has 1 aromatic carbocycles. The molecule has 0 amide bonds. The van der Waals surface area contributed by atoms with Crippen LogP contribution in [0.3, 0.4) is 0 Å². The second-order valence-electron chi connectivity index (χ2n) is 6.15. The van der Waals surface area contributed by atoms with E-state index >= 15 is 0 Å². The van der Waals surface area contributed by atoms with E-state index < -0.39 is 0 Å². The Kier molecular flexibility index (Phi) is 4.07. The summed E-state index contributed by atoms with van der Waals surface area (Å²) in [5.41, 5.74) is 8.90. The summed E-state index contributed by atoms with van der Waals surface area (Å²) in [4.78, 5) is 4.43. The lowest BCUT2D eigenvalue weighted by Gasteiger charge is -2.23. The first kappa shape index (κ1) is 15.6. The van der Waals surface area contributed by atoms with Crippen molar-refractivity contribution >= 4 is 17.3 Å². The van der Waals surface area contributed by atoms with Gasteiger partial charge in [0.05, 0.1) is 11.9 Å². The molecule has 128 valence electrons. The Bertz CT molecular complexity index is 896. The highest BCUT2D eigenvalue weighted by atomic mass is 16.5. The molecule has 3 aromatic rings. The zero-order valence-electron chi connectivity index (χ0n) is 13.8. The van der Waals surface area contributed by atoms with Crippen molar-refractivity contribution in [2.24, 2.45) is 5.73 Å². The summed E-state index contributed by atoms with van der Waals surface area (Å²) in [7, 11) is 0. The Morgan fingerprint density at radius 3 is 2.64 bits per heavy atom. The maximum atomic E-state index is 7.49. The van der Waals surface area contributed by atoms with Gasteiger partial charge in [-0.15, -0.1) is 5.10 Å². The standard InChI is InChI=1S/C18H20N6O/c19-18(20)13-3-1-12(2-4-13)15-11-21-17-6-5-16(23-24(15)17)22-14-7-9-25-10-8-14/h1-6,11,14H,7-10H2,(H3,19,20)(H,22,23). The van der Waals surface area contributed by atoms with Gasteiger partial charge in [-0.25, -0.2) is 9.50 Å². The molecule has 7 nitrogen and oxygen atoms in total. The van der Waals surface area contributed by atoms with E-state index in [1.807, 2.05) is 47.1 Å². The molecule has 3 heterocycles. The van der Waals surface area contributed by atoms with Crippen molar-refractivity contribution in [1.82, 2.24) is 14.6 Å². The zero-order chi connectivity index (χ0) is 17.2. The molecule has 4 N–H and O–H groups in total. The minimum Gasteiger partial charge on any atom is -0.384 e. The van der Waals surface area contributed by atoms with Gasteiger partial charge in [-0.2, -0.15) is 0 Å². The van der Waals surface area contributed by atoms with Gasteiger partial charge in [-0.05, 0) is 25.0 Å². The number of fused-ring (bicyclic) bond motifs is 1. The monoisotopic (exact) mass is 336 g/mol. The van der Waals surface area contributed by atoms with E-state index in [1.54, 1.807) is 0 Å². The number of anilines is 1. The van der Waals surface area contributed by atoms with Crippen LogP contribution >= 0.6 is 0 Å². The van der Waals surface area contributed by atoms with Crippen LogP contribution in [0.1, 0.15) is 18.4 Å². The van der Waals surface area contributed by atoms with E-state index in [4.69, 9.17) is 21.0 Å². The highest BCUT2D eigenvalue weighted by molar-refractivity contribution is 5.95. The fourth-order valence-electron chi connectivity index (χ4n) is 3.02. The number of imidazole rings is 1. The van der Waals surface area contributed by atoms with E-state index in [9.17, 15) is 0 Å². The van der Waals surface area contributed by atoms with E-state index in [-0.39, 0.29) is 5.84 Å². The number of ether oxygens (including phenoxy) is 1. The molecule has 1 aliphatic heterocycles. The third kappa shape index (κ3) is 3.18. The summed E-state index contributed by atoms with van der Waals surface area (Å²) in [6.45, 7) is 1.58. The molecular weight excluding hydrogens is 316 g/mol. The van der Waals surface area contributed by atoms with Crippen LogP contribution in [0.2, 0.25) is 0 Å². The smallest absolute Gasteiger partial charge is 0.154 e. The van der Waals surface area contributed by atoms with E-state index in [2.05, 4.69) is 10.3 Å². The van der Waals surface area contributed by atoms with Crippen molar-refractivity contribution in [3.05, 3.63) is 48.2 Å². The number of hydrogen-bond donors (Lipinski definition) is 3. The van der Waals surface area contributed by atoms with Crippen LogP contribution in [-0.2, 0) is 4.74 Å². The largest absolute Gasteiger partial charge is 0.384 e. The maximum absolute atomic E-state index is 7.49. The van der Waals surface area contributed by atoms with Gasteiger partial charge >= 0.3 is 0 Å². The Hall–Kier alpha value is -2.93. The molecule has 25 heavy (non-hydrogen) atoms. The second-order valence-corrected chi connectivity index (χ2v) is 6.15. The van der Waals surface area contributed by atoms with Gasteiger partial charge in [-0.3, -0.25) is 5.41 Å². The van der Waals surface area contributed by atoms with Gasteiger partial charge in [0.25, 0.3) is 0 Å². The topological polar surface area (TPSA) is 101 Å². The van der Waals surface area contributed by atoms with Crippen LogP contribution in [0, 0.1) is 5.41 Å². The molecule has 1 saturated heterocycles. The van der Waals surface area contributed by atoms with Crippen LogP contribution in [-0.4, -0.2) is 39.7 Å². The average molecular weight is 336 g/mol. The number of benzene rings is 1. The second kappa shape index (κ2) is 6.52. The Morgan fingerprint density at radius 1 is 1.16 bits per heavy atom. The van der Waals surface area contributed by atoms with Crippen molar-refractivity contribution in [3.8, 4) is 11.3 Å². The molecule has 2 aromatic heterocycles. The molecule has 0 radical (unpaired) electrons. The summed E-state index contributed by atoms with van der Waals surface area (Å²) < 4.78 is 7.24. The van der Waals surface area contributed by atoms with Gasteiger partial charge < -0.3 is 15.8 Å². The van der Waals surface area contributed by atoms with Gasteiger partial charge in [-0.1, -0.05) is 24.3 Å². The van der Waals surface area contributed by atoms with Crippen LogP contribution in [0.4, 0.5) is 5.82 Å². The lowest BCUT2D eigenvalue weighted by molar-refractivity contribution is 0.0903. The highest BCUT2D eigenvalue weighted by Crippen LogP contribution is 2.22. The van der Waals surface area contributed by atoms with Crippen molar-refractivity contribution in [2.75, 3.05) is 18.5 Å². The minimum atomic E-state index is 0.0609. The first-order valence-corrected chi connectivity index (χ1v) is 8.34. The summed E-state index contributed by atoms with van der Waals surface area (Å²) >= 11 is 0. The number of nitrogens with two attached hydrogens (primary N) is 1. The summed E-state index contributed by atoms with van der Waals surface area (Å²) in [5.74, 6) is 0.893. The minimum absolute atomic E-state index is 0.0609. The third-order valence-electron chi connectivity index (χ3n) is 4.43. The molecule has 0 spiro atoms. The molecule has 0 atom stereocenters. The van der Waals surface area contributed by atoms with Gasteiger partial charge in [0, 0.05) is 30.4 Å². The molecule has 4 rings (SSSR count). The lowest BCUT2D eigenvalue weighted by Crippen LogP contribution is -2.28. The zero-order valence-corrected chi connectivity index (χ0v) is 13.8. The van der Waals surface area contributed by atoms with Crippen LogP contribution in [0.15, 0.2) is 42.6 Å². The molecule has 0 saturated carbocycles. The Labute approximate surface area is 145 Å². The lowest BCUT2D eigenvalue weighted by atomic mass is 10.1. The number of nitrogen functional groups attached to an aromatic ring is 1. The molecule has 0 unspecified atom stereocenters. The molecule has 1 aliphatic rings. The molecule has 0 bridgehead atoms. The third-order valence-corrected chi connectivity index (χ3v) is 4.43. The van der Waals surface area contributed by atoms with Crippen LogP contribution in [0.5, 0.6) is 0 Å². The van der Waals surface area contributed by atoms with Gasteiger partial charge in [0.1, 0.15) is 11.7 Å². The molecular formula is C18H20N6O. The van der Waals surface area contributed by atoms with Crippen molar-refractivity contribution in [1.29, 1.82) is 5.41 Å². The van der Waals surface area contributed by atoms with Crippen LogP contribution in [0.25, 0.3) is 16.9 Å². The number of amidine groups is 1. The number of nitrogens with one attached hydrogen (secondary N) is 2. The maximum Gasteiger partial charge on any atom is 0.154 e. The Balaban J connectivity index is 1.65. The summed E-state index contributed by atoms with van der Waals surface area (Å²) in [6, 6.07) is 11.8. The fourth-order valence-corrected chi connectivity index (χ4v) is 3.02.